The number of esters is 1. The van der Waals surface area contributed by atoms with Crippen molar-refractivity contribution in [2.75, 3.05) is 26.2 Å². The molecule has 0 aromatic rings. The molecule has 1 fully saturated rings. The highest BCUT2D eigenvalue weighted by molar-refractivity contribution is 5.81. The van der Waals surface area contributed by atoms with E-state index in [4.69, 9.17) is 4.74 Å². The van der Waals surface area contributed by atoms with Gasteiger partial charge in [0.1, 0.15) is 0 Å². The number of hydrogen-bond donors (Lipinski definition) is 1. The summed E-state index contributed by atoms with van der Waals surface area (Å²) in [5.74, 6) is 0.411. The molecule has 1 amide bonds. The van der Waals surface area contributed by atoms with E-state index in [1.807, 2.05) is 27.7 Å². The summed E-state index contributed by atoms with van der Waals surface area (Å²) in [7, 11) is 0. The van der Waals surface area contributed by atoms with Gasteiger partial charge in [-0.2, -0.15) is 0 Å². The molecule has 1 saturated heterocycles. The van der Waals surface area contributed by atoms with Crippen LogP contribution in [0.15, 0.2) is 0 Å². The average Bonchev–Trinajstić information content (AvgIpc) is 2.44. The normalized spacial score (nSPS) is 23.1. The van der Waals surface area contributed by atoms with Crippen LogP contribution in [-0.2, 0) is 14.3 Å². The lowest BCUT2D eigenvalue weighted by atomic mass is 9.89. The van der Waals surface area contributed by atoms with E-state index in [9.17, 15) is 9.59 Å². The lowest BCUT2D eigenvalue weighted by molar-refractivity contribution is -0.143. The smallest absolute Gasteiger partial charge is 0.305 e. The summed E-state index contributed by atoms with van der Waals surface area (Å²) in [5.41, 5.74) is -0.366. The molecular formula is C17H32N2O3. The zero-order valence-corrected chi connectivity index (χ0v) is 14.8. The van der Waals surface area contributed by atoms with Gasteiger partial charge in [-0.25, -0.2) is 0 Å². The Bertz CT molecular complexity index is 377. The predicted molar refractivity (Wildman–Crippen MR) is 87.5 cm³/mol. The molecule has 0 aromatic carbocycles. The van der Waals surface area contributed by atoms with Crippen LogP contribution in [0.25, 0.3) is 0 Å². The second kappa shape index (κ2) is 8.51. The van der Waals surface area contributed by atoms with Crippen molar-refractivity contribution >= 4 is 11.9 Å². The fourth-order valence-electron chi connectivity index (χ4n) is 2.83. The van der Waals surface area contributed by atoms with Gasteiger partial charge in [-0.3, -0.25) is 9.59 Å². The third-order valence-electron chi connectivity index (χ3n) is 4.14. The number of nitrogens with zero attached hydrogens (tertiary/aromatic N) is 1. The van der Waals surface area contributed by atoms with E-state index in [1.54, 1.807) is 0 Å². The fraction of sp³-hybridized carbons (Fsp3) is 0.882. The number of likely N-dealkylation sites (N-methyl/N-ethyl adjacent to an activating group) is 1. The molecule has 5 nitrogen and oxygen atoms in total. The lowest BCUT2D eigenvalue weighted by Crippen LogP contribution is -2.52. The third-order valence-corrected chi connectivity index (χ3v) is 4.14. The summed E-state index contributed by atoms with van der Waals surface area (Å²) in [6.07, 6.45) is 2.24. The van der Waals surface area contributed by atoms with Gasteiger partial charge in [-0.05, 0) is 32.2 Å². The van der Waals surface area contributed by atoms with Gasteiger partial charge in [0.25, 0.3) is 0 Å². The maximum absolute atomic E-state index is 12.2. The molecule has 5 heteroatoms. The van der Waals surface area contributed by atoms with Gasteiger partial charge in [0.15, 0.2) is 0 Å². The van der Waals surface area contributed by atoms with Crippen molar-refractivity contribution in [1.82, 2.24) is 10.2 Å². The van der Waals surface area contributed by atoms with E-state index in [2.05, 4.69) is 17.1 Å². The standard InChI is InChI=1S/C17H32N2O3/c1-6-19-11-13(8-9-15(20)22-7-2)10-14(12-19)18-16(21)17(3,4)5/h13-14H,6-12H2,1-5H3,(H,18,21). The summed E-state index contributed by atoms with van der Waals surface area (Å²) < 4.78 is 5.00. The summed E-state index contributed by atoms with van der Waals surface area (Å²) in [6, 6.07) is 0.174. The molecule has 22 heavy (non-hydrogen) atoms. The predicted octanol–water partition coefficient (Wildman–Crippen LogP) is 2.20. The molecule has 1 heterocycles. The summed E-state index contributed by atoms with van der Waals surface area (Å²) >= 11 is 0. The van der Waals surface area contributed by atoms with Gasteiger partial charge in [0.2, 0.25) is 5.91 Å². The molecule has 1 rings (SSSR count). The topological polar surface area (TPSA) is 58.6 Å². The number of ether oxygens (including phenoxy) is 1. The van der Waals surface area contributed by atoms with Gasteiger partial charge in [0.05, 0.1) is 6.61 Å². The number of amides is 1. The summed E-state index contributed by atoms with van der Waals surface area (Å²) in [4.78, 5) is 26.1. The molecule has 0 spiro atoms. The van der Waals surface area contributed by atoms with E-state index in [-0.39, 0.29) is 23.3 Å². The Kier molecular flexibility index (Phi) is 7.33. The van der Waals surface area contributed by atoms with Crippen LogP contribution in [0.4, 0.5) is 0 Å². The van der Waals surface area contributed by atoms with Crippen molar-refractivity contribution in [3.63, 3.8) is 0 Å². The first-order valence-electron chi connectivity index (χ1n) is 8.45. The van der Waals surface area contributed by atoms with Crippen LogP contribution < -0.4 is 5.32 Å². The Morgan fingerprint density at radius 3 is 2.45 bits per heavy atom. The molecule has 1 aliphatic rings. The monoisotopic (exact) mass is 312 g/mol. The number of carbonyl (C=O) groups is 2. The maximum atomic E-state index is 12.2. The van der Waals surface area contributed by atoms with Crippen LogP contribution >= 0.6 is 0 Å². The van der Waals surface area contributed by atoms with Gasteiger partial charge < -0.3 is 15.0 Å². The molecule has 128 valence electrons. The zero-order chi connectivity index (χ0) is 16.8. The molecule has 0 saturated carbocycles. The SMILES string of the molecule is CCOC(=O)CCC1CC(NC(=O)C(C)(C)C)CN(CC)C1. The summed E-state index contributed by atoms with van der Waals surface area (Å²) in [5, 5.41) is 3.17. The van der Waals surface area contributed by atoms with Crippen molar-refractivity contribution in [2.24, 2.45) is 11.3 Å². The highest BCUT2D eigenvalue weighted by atomic mass is 16.5. The number of hydrogen-bond acceptors (Lipinski definition) is 4. The number of rotatable bonds is 6. The second-order valence-electron chi connectivity index (χ2n) is 7.22. The fourth-order valence-corrected chi connectivity index (χ4v) is 2.83. The lowest BCUT2D eigenvalue weighted by Gasteiger charge is -2.38. The van der Waals surface area contributed by atoms with Crippen LogP contribution in [0.2, 0.25) is 0 Å². The van der Waals surface area contributed by atoms with Gasteiger partial charge >= 0.3 is 5.97 Å². The molecule has 2 atom stereocenters. The van der Waals surface area contributed by atoms with Crippen LogP contribution in [0.5, 0.6) is 0 Å². The Hall–Kier alpha value is -1.10. The first kappa shape index (κ1) is 18.9. The number of nitrogens with one attached hydrogen (secondary N) is 1. The van der Waals surface area contributed by atoms with Gasteiger partial charge in [0, 0.05) is 31.0 Å². The van der Waals surface area contributed by atoms with Crippen LogP contribution in [-0.4, -0.2) is 49.1 Å². The molecule has 0 bridgehead atoms. The van der Waals surface area contributed by atoms with Gasteiger partial charge in [-0.1, -0.05) is 27.7 Å². The number of likely N-dealkylation sites (tertiary alicyclic amines) is 1. The quantitative estimate of drug-likeness (QED) is 0.764. The summed E-state index contributed by atoms with van der Waals surface area (Å²) in [6.45, 7) is 13.1. The minimum Gasteiger partial charge on any atom is -0.466 e. The van der Waals surface area contributed by atoms with Crippen LogP contribution in [0.3, 0.4) is 0 Å². The molecular weight excluding hydrogens is 280 g/mol. The molecule has 2 unspecified atom stereocenters. The van der Waals surface area contributed by atoms with Crippen molar-refractivity contribution < 1.29 is 14.3 Å². The van der Waals surface area contributed by atoms with E-state index < -0.39 is 0 Å². The Labute approximate surface area is 134 Å². The minimum atomic E-state index is -0.366. The van der Waals surface area contributed by atoms with Crippen molar-refractivity contribution in [3.8, 4) is 0 Å². The average molecular weight is 312 g/mol. The highest BCUT2D eigenvalue weighted by Gasteiger charge is 2.30. The number of piperidine rings is 1. The molecule has 0 radical (unpaired) electrons. The Morgan fingerprint density at radius 2 is 1.91 bits per heavy atom. The molecule has 0 aliphatic carbocycles. The molecule has 0 aromatic heterocycles. The second-order valence-corrected chi connectivity index (χ2v) is 7.22. The Balaban J connectivity index is 2.54. The van der Waals surface area contributed by atoms with E-state index >= 15 is 0 Å². The molecule has 1 N–H and O–H groups in total. The molecule has 1 aliphatic heterocycles. The van der Waals surface area contributed by atoms with E-state index in [0.717, 1.165) is 32.5 Å². The maximum Gasteiger partial charge on any atom is 0.305 e. The first-order valence-corrected chi connectivity index (χ1v) is 8.45. The highest BCUT2D eigenvalue weighted by Crippen LogP contribution is 2.23. The third kappa shape index (κ3) is 6.34. The number of carbonyl (C=O) groups excluding carboxylic acids is 2. The van der Waals surface area contributed by atoms with Gasteiger partial charge in [-0.15, -0.1) is 0 Å². The van der Waals surface area contributed by atoms with Crippen molar-refractivity contribution in [2.45, 2.75) is 59.9 Å². The van der Waals surface area contributed by atoms with E-state index in [0.29, 0.717) is 18.9 Å². The van der Waals surface area contributed by atoms with Crippen molar-refractivity contribution in [1.29, 1.82) is 0 Å². The zero-order valence-electron chi connectivity index (χ0n) is 14.8. The van der Waals surface area contributed by atoms with Crippen LogP contribution in [0, 0.1) is 11.3 Å². The minimum absolute atomic E-state index is 0.0968. The van der Waals surface area contributed by atoms with Crippen molar-refractivity contribution in [3.05, 3.63) is 0 Å². The van der Waals surface area contributed by atoms with E-state index in [1.165, 1.54) is 0 Å². The van der Waals surface area contributed by atoms with Crippen LogP contribution in [0.1, 0.15) is 53.9 Å². The Morgan fingerprint density at radius 1 is 1.23 bits per heavy atom. The largest absolute Gasteiger partial charge is 0.466 e. The first-order chi connectivity index (χ1) is 10.3.